The molecule has 0 atom stereocenters. The van der Waals surface area contributed by atoms with Crippen LogP contribution in [-0.2, 0) is 7.05 Å². The molecule has 3 heteroatoms. The van der Waals surface area contributed by atoms with Crippen molar-refractivity contribution in [3.05, 3.63) is 48.8 Å². The summed E-state index contributed by atoms with van der Waals surface area (Å²) in [5, 5.41) is 0. The maximum atomic E-state index is 12.6. The summed E-state index contributed by atoms with van der Waals surface area (Å²) < 4.78 is 16.5. The minimum atomic E-state index is -0.208. The van der Waals surface area contributed by atoms with E-state index in [1.807, 2.05) is 34.9 Å². The van der Waals surface area contributed by atoms with Gasteiger partial charge >= 0.3 is 0 Å². The Labute approximate surface area is 75.9 Å². The second-order valence-corrected chi connectivity index (χ2v) is 2.96. The lowest BCUT2D eigenvalue weighted by molar-refractivity contribution is -0.670. The van der Waals surface area contributed by atoms with Crippen molar-refractivity contribution in [3.8, 4) is 5.69 Å². The lowest BCUT2D eigenvalue weighted by Gasteiger charge is -1.93. The van der Waals surface area contributed by atoms with Gasteiger partial charge in [0.25, 0.3) is 0 Å². The van der Waals surface area contributed by atoms with E-state index in [1.54, 1.807) is 12.1 Å². The summed E-state index contributed by atoms with van der Waals surface area (Å²) in [6.45, 7) is 0. The van der Waals surface area contributed by atoms with Crippen LogP contribution < -0.4 is 4.57 Å². The number of hydrogen-bond acceptors (Lipinski definition) is 0. The van der Waals surface area contributed by atoms with Crippen molar-refractivity contribution in [2.24, 2.45) is 7.05 Å². The number of hydrogen-bond donors (Lipinski definition) is 0. The number of benzene rings is 1. The summed E-state index contributed by atoms with van der Waals surface area (Å²) >= 11 is 0. The molecule has 0 spiro atoms. The lowest BCUT2D eigenvalue weighted by Crippen LogP contribution is -2.23. The van der Waals surface area contributed by atoms with Crippen LogP contribution in [-0.4, -0.2) is 4.57 Å². The summed E-state index contributed by atoms with van der Waals surface area (Å²) in [5.74, 6) is -0.208. The van der Waals surface area contributed by atoms with Gasteiger partial charge in [0, 0.05) is 0 Å². The number of nitrogens with zero attached hydrogens (tertiary/aromatic N) is 2. The monoisotopic (exact) mass is 177 g/mol. The van der Waals surface area contributed by atoms with Crippen LogP contribution in [0.15, 0.2) is 43.0 Å². The van der Waals surface area contributed by atoms with Crippen molar-refractivity contribution >= 4 is 0 Å². The molecule has 0 saturated carbocycles. The Kier molecular flexibility index (Phi) is 1.85. The van der Waals surface area contributed by atoms with Crippen molar-refractivity contribution in [2.75, 3.05) is 0 Å². The fraction of sp³-hybridized carbons (Fsp3) is 0.100. The highest BCUT2D eigenvalue weighted by molar-refractivity contribution is 5.30. The van der Waals surface area contributed by atoms with E-state index >= 15 is 0 Å². The Hall–Kier alpha value is -1.64. The number of aryl methyl sites for hydroxylation is 1. The summed E-state index contributed by atoms with van der Waals surface area (Å²) in [6, 6.07) is 6.40. The highest BCUT2D eigenvalue weighted by Crippen LogP contribution is 2.06. The van der Waals surface area contributed by atoms with Crippen molar-refractivity contribution < 1.29 is 8.96 Å². The minimum absolute atomic E-state index is 0.208. The summed E-state index contributed by atoms with van der Waals surface area (Å²) in [7, 11) is 1.94. The standard InChI is InChI=1S/C10H10FN2/c1-12-6-7-13(8-12)10-4-2-9(11)3-5-10/h2-8H,1H3/q+1. The van der Waals surface area contributed by atoms with E-state index in [-0.39, 0.29) is 5.82 Å². The van der Waals surface area contributed by atoms with E-state index in [0.29, 0.717) is 0 Å². The fourth-order valence-corrected chi connectivity index (χ4v) is 1.22. The maximum Gasteiger partial charge on any atom is 0.248 e. The van der Waals surface area contributed by atoms with E-state index < -0.39 is 0 Å². The molecule has 2 nitrogen and oxygen atoms in total. The van der Waals surface area contributed by atoms with E-state index in [4.69, 9.17) is 0 Å². The number of imidazole rings is 1. The number of halogens is 1. The molecule has 0 aliphatic rings. The molecule has 66 valence electrons. The second kappa shape index (κ2) is 3.01. The molecule has 0 saturated heterocycles. The third-order valence-electron chi connectivity index (χ3n) is 1.89. The van der Waals surface area contributed by atoms with E-state index in [1.165, 1.54) is 12.1 Å². The van der Waals surface area contributed by atoms with Gasteiger partial charge in [0.15, 0.2) is 0 Å². The first-order valence-corrected chi connectivity index (χ1v) is 4.05. The molecular formula is C10H10FN2+. The van der Waals surface area contributed by atoms with Gasteiger partial charge in [0.1, 0.15) is 23.9 Å². The summed E-state index contributed by atoms with van der Waals surface area (Å²) in [6.07, 6.45) is 5.78. The summed E-state index contributed by atoms with van der Waals surface area (Å²) in [4.78, 5) is 0. The van der Waals surface area contributed by atoms with Crippen LogP contribution in [0.2, 0.25) is 0 Å². The van der Waals surface area contributed by atoms with Gasteiger partial charge in [-0.15, -0.1) is 0 Å². The van der Waals surface area contributed by atoms with Gasteiger partial charge in [0.05, 0.1) is 7.05 Å². The predicted octanol–water partition coefficient (Wildman–Crippen LogP) is 1.44. The maximum absolute atomic E-state index is 12.6. The van der Waals surface area contributed by atoms with Gasteiger partial charge in [0.2, 0.25) is 6.33 Å². The molecule has 0 unspecified atom stereocenters. The average Bonchev–Trinajstić information content (AvgIpc) is 2.53. The molecule has 13 heavy (non-hydrogen) atoms. The second-order valence-electron chi connectivity index (χ2n) is 2.96. The molecule has 0 N–H and O–H groups in total. The van der Waals surface area contributed by atoms with Crippen LogP contribution >= 0.6 is 0 Å². The highest BCUT2D eigenvalue weighted by atomic mass is 19.1. The Morgan fingerprint density at radius 3 is 2.46 bits per heavy atom. The zero-order chi connectivity index (χ0) is 9.26. The molecule has 0 aliphatic heterocycles. The molecule has 2 aromatic rings. The van der Waals surface area contributed by atoms with Crippen LogP contribution in [0.4, 0.5) is 4.39 Å². The molecule has 1 aromatic carbocycles. The Bertz CT molecular complexity index is 403. The van der Waals surface area contributed by atoms with Crippen LogP contribution in [0.3, 0.4) is 0 Å². The third kappa shape index (κ3) is 1.59. The molecule has 0 fully saturated rings. The topological polar surface area (TPSA) is 8.81 Å². The molecule has 2 rings (SSSR count). The van der Waals surface area contributed by atoms with Crippen molar-refractivity contribution in [1.82, 2.24) is 4.57 Å². The minimum Gasteiger partial charge on any atom is -0.239 e. The van der Waals surface area contributed by atoms with Gasteiger partial charge < -0.3 is 0 Å². The van der Waals surface area contributed by atoms with Crippen LogP contribution in [0.25, 0.3) is 5.69 Å². The Balaban J connectivity index is 2.41. The van der Waals surface area contributed by atoms with Crippen molar-refractivity contribution in [3.63, 3.8) is 0 Å². The van der Waals surface area contributed by atoms with Crippen LogP contribution in [0.5, 0.6) is 0 Å². The molecule has 1 heterocycles. The van der Waals surface area contributed by atoms with Gasteiger partial charge in [-0.2, -0.15) is 0 Å². The van der Waals surface area contributed by atoms with E-state index in [2.05, 4.69) is 0 Å². The fourth-order valence-electron chi connectivity index (χ4n) is 1.22. The Morgan fingerprint density at radius 1 is 1.23 bits per heavy atom. The van der Waals surface area contributed by atoms with Gasteiger partial charge in [-0.3, -0.25) is 0 Å². The molecule has 0 aliphatic carbocycles. The largest absolute Gasteiger partial charge is 0.248 e. The number of aromatic nitrogens is 2. The number of rotatable bonds is 1. The molecule has 0 bridgehead atoms. The average molecular weight is 177 g/mol. The van der Waals surface area contributed by atoms with Gasteiger partial charge in [-0.25, -0.2) is 13.5 Å². The highest BCUT2D eigenvalue weighted by Gasteiger charge is 2.02. The van der Waals surface area contributed by atoms with Crippen molar-refractivity contribution in [2.45, 2.75) is 0 Å². The van der Waals surface area contributed by atoms with Crippen LogP contribution in [0, 0.1) is 5.82 Å². The molecule has 0 radical (unpaired) electrons. The lowest BCUT2D eigenvalue weighted by atomic mass is 10.3. The van der Waals surface area contributed by atoms with Crippen molar-refractivity contribution in [1.29, 1.82) is 0 Å². The normalized spacial score (nSPS) is 10.3. The smallest absolute Gasteiger partial charge is 0.239 e. The zero-order valence-corrected chi connectivity index (χ0v) is 7.31. The first kappa shape index (κ1) is 7.98. The quantitative estimate of drug-likeness (QED) is 0.583. The first-order chi connectivity index (χ1) is 6.25. The van der Waals surface area contributed by atoms with E-state index in [9.17, 15) is 4.39 Å². The predicted molar refractivity (Wildman–Crippen MR) is 46.9 cm³/mol. The summed E-state index contributed by atoms with van der Waals surface area (Å²) in [5.41, 5.74) is 0.960. The van der Waals surface area contributed by atoms with Gasteiger partial charge in [-0.05, 0) is 24.3 Å². The van der Waals surface area contributed by atoms with E-state index in [0.717, 1.165) is 5.69 Å². The SMILES string of the molecule is C[n+]1ccn(-c2ccc(F)cc2)c1. The molecule has 0 amide bonds. The Morgan fingerprint density at radius 2 is 1.92 bits per heavy atom. The first-order valence-electron chi connectivity index (χ1n) is 4.05. The van der Waals surface area contributed by atoms with Crippen LogP contribution in [0.1, 0.15) is 0 Å². The third-order valence-corrected chi connectivity index (χ3v) is 1.89. The molecular weight excluding hydrogens is 167 g/mol. The molecule has 1 aromatic heterocycles. The zero-order valence-electron chi connectivity index (χ0n) is 7.31. The van der Waals surface area contributed by atoms with Gasteiger partial charge in [-0.1, -0.05) is 0 Å².